The van der Waals surface area contributed by atoms with E-state index in [0.29, 0.717) is 11.6 Å². The first-order valence-corrected chi connectivity index (χ1v) is 9.53. The van der Waals surface area contributed by atoms with Crippen LogP contribution in [0.25, 0.3) is 0 Å². The third-order valence-corrected chi connectivity index (χ3v) is 5.62. The maximum Gasteiger partial charge on any atom is 0.275 e. The van der Waals surface area contributed by atoms with Gasteiger partial charge in [0, 0.05) is 17.0 Å². The molecule has 0 saturated carbocycles. The number of anilines is 1. The van der Waals surface area contributed by atoms with Gasteiger partial charge in [-0.05, 0) is 55.7 Å². The minimum atomic E-state index is -1.11. The number of hydrogen-bond donors (Lipinski definition) is 1. The lowest BCUT2D eigenvalue weighted by molar-refractivity contribution is -0.534. The molecular weight excluding hydrogens is 428 g/mol. The van der Waals surface area contributed by atoms with Crippen LogP contribution in [0.5, 0.6) is 5.75 Å². The summed E-state index contributed by atoms with van der Waals surface area (Å²) in [4.78, 5) is 2.10. The molecule has 2 aromatic carbocycles. The summed E-state index contributed by atoms with van der Waals surface area (Å²) in [5.74, 6) is 2.01. The first kappa shape index (κ1) is 20.2. The summed E-state index contributed by atoms with van der Waals surface area (Å²) in [5.41, 5.74) is 0.729. The van der Waals surface area contributed by atoms with E-state index in [1.165, 1.54) is 12.3 Å². The second-order valence-corrected chi connectivity index (χ2v) is 7.44. The zero-order valence-electron chi connectivity index (χ0n) is 15.4. The van der Waals surface area contributed by atoms with Gasteiger partial charge < -0.3 is 9.84 Å². The quantitative estimate of drug-likeness (QED) is 0.693. The molecule has 2 aromatic rings. The number of methoxy groups -OCH3 is 1. The minimum Gasteiger partial charge on any atom is -0.497 e. The van der Waals surface area contributed by atoms with Crippen molar-refractivity contribution in [2.45, 2.75) is 31.4 Å². The number of hydrogen-bond acceptors (Lipinski definition) is 3. The van der Waals surface area contributed by atoms with Crippen LogP contribution in [0.2, 0.25) is 5.02 Å². The number of halogens is 2. The van der Waals surface area contributed by atoms with Crippen LogP contribution in [0.1, 0.15) is 31.2 Å². The minimum absolute atomic E-state index is 0. The molecule has 1 atom stereocenters. The van der Waals surface area contributed by atoms with Crippen LogP contribution in [0, 0.1) is 0 Å². The lowest BCUT2D eigenvalue weighted by atomic mass is 10.00. The van der Waals surface area contributed by atoms with Gasteiger partial charge in [-0.3, -0.25) is 4.58 Å². The highest BCUT2D eigenvalue weighted by Gasteiger charge is 2.53. The first-order valence-electron chi connectivity index (χ1n) is 9.15. The fourth-order valence-electron chi connectivity index (χ4n) is 4.05. The molecule has 2 aliphatic heterocycles. The highest BCUT2D eigenvalue weighted by molar-refractivity contribution is 8.93. The van der Waals surface area contributed by atoms with Crippen LogP contribution in [-0.2, 0) is 5.72 Å². The number of amidine groups is 1. The number of rotatable bonds is 3. The SMILES string of the molecule is Br.COc1ccc(N2C3=[N+](CCCCC3)CC2(O)c2ccc(Cl)cc2)cc1. The summed E-state index contributed by atoms with van der Waals surface area (Å²) in [7, 11) is 1.66. The number of aliphatic hydroxyl groups is 1. The van der Waals surface area contributed by atoms with Crippen LogP contribution in [0.4, 0.5) is 5.69 Å². The predicted octanol–water partition coefficient (Wildman–Crippen LogP) is 4.58. The van der Waals surface area contributed by atoms with Gasteiger partial charge in [0.1, 0.15) is 11.4 Å². The smallest absolute Gasteiger partial charge is 0.275 e. The lowest BCUT2D eigenvalue weighted by Gasteiger charge is -2.29. The molecule has 6 heteroatoms. The maximum atomic E-state index is 11.8. The summed E-state index contributed by atoms with van der Waals surface area (Å²) in [6, 6.07) is 15.4. The van der Waals surface area contributed by atoms with Gasteiger partial charge in [-0.1, -0.05) is 23.7 Å². The molecule has 0 spiro atoms. The molecule has 4 rings (SSSR count). The van der Waals surface area contributed by atoms with Crippen molar-refractivity contribution in [3.8, 4) is 5.75 Å². The summed E-state index contributed by atoms with van der Waals surface area (Å²) < 4.78 is 7.63. The molecule has 0 aromatic heterocycles. The number of nitrogens with zero attached hydrogens (tertiary/aromatic N) is 2. The Morgan fingerprint density at radius 1 is 1.04 bits per heavy atom. The van der Waals surface area contributed by atoms with E-state index in [4.69, 9.17) is 16.3 Å². The van der Waals surface area contributed by atoms with Crippen molar-refractivity contribution in [3.63, 3.8) is 0 Å². The highest BCUT2D eigenvalue weighted by atomic mass is 79.9. The Kier molecular flexibility index (Phi) is 6.14. The fourth-order valence-corrected chi connectivity index (χ4v) is 4.18. The van der Waals surface area contributed by atoms with Crippen molar-refractivity contribution in [1.82, 2.24) is 0 Å². The molecule has 0 fully saturated rings. The van der Waals surface area contributed by atoms with Crippen molar-refractivity contribution in [1.29, 1.82) is 0 Å². The number of benzene rings is 2. The molecule has 144 valence electrons. The Labute approximate surface area is 175 Å². The van der Waals surface area contributed by atoms with E-state index in [2.05, 4.69) is 9.48 Å². The van der Waals surface area contributed by atoms with Crippen molar-refractivity contribution in [2.75, 3.05) is 25.1 Å². The van der Waals surface area contributed by atoms with Crippen LogP contribution in [-0.4, -0.2) is 35.7 Å². The van der Waals surface area contributed by atoms with E-state index in [-0.39, 0.29) is 17.0 Å². The molecule has 0 amide bonds. The topological polar surface area (TPSA) is 35.7 Å². The van der Waals surface area contributed by atoms with Crippen LogP contribution < -0.4 is 9.64 Å². The molecule has 0 saturated heterocycles. The average molecular weight is 453 g/mol. The van der Waals surface area contributed by atoms with Gasteiger partial charge in [0.05, 0.1) is 13.7 Å². The van der Waals surface area contributed by atoms with Crippen molar-refractivity contribution >= 4 is 40.1 Å². The Morgan fingerprint density at radius 2 is 1.74 bits per heavy atom. The fraction of sp³-hybridized carbons (Fsp3) is 0.381. The third-order valence-electron chi connectivity index (χ3n) is 5.37. The molecule has 0 radical (unpaired) electrons. The van der Waals surface area contributed by atoms with Gasteiger partial charge in [0.25, 0.3) is 11.6 Å². The lowest BCUT2D eigenvalue weighted by Crippen LogP contribution is -2.47. The Bertz CT molecular complexity index is 823. The van der Waals surface area contributed by atoms with Gasteiger partial charge in [0.15, 0.2) is 6.54 Å². The zero-order chi connectivity index (χ0) is 18.1. The molecule has 0 bridgehead atoms. The molecule has 1 unspecified atom stereocenters. The summed E-state index contributed by atoms with van der Waals surface area (Å²) in [6.45, 7) is 1.55. The predicted molar refractivity (Wildman–Crippen MR) is 115 cm³/mol. The molecule has 1 N–H and O–H groups in total. The third kappa shape index (κ3) is 3.73. The van der Waals surface area contributed by atoms with E-state index in [0.717, 1.165) is 42.8 Å². The van der Waals surface area contributed by atoms with Crippen LogP contribution in [0.15, 0.2) is 48.5 Å². The van der Waals surface area contributed by atoms with Crippen LogP contribution >= 0.6 is 28.6 Å². The van der Waals surface area contributed by atoms with Crippen LogP contribution in [0.3, 0.4) is 0 Å². The van der Waals surface area contributed by atoms with Crippen molar-refractivity contribution < 1.29 is 14.4 Å². The second-order valence-electron chi connectivity index (χ2n) is 7.01. The summed E-state index contributed by atoms with van der Waals surface area (Å²) >= 11 is 6.07. The maximum absolute atomic E-state index is 11.8. The van der Waals surface area contributed by atoms with E-state index in [1.807, 2.05) is 48.5 Å². The Balaban J connectivity index is 0.00000210. The van der Waals surface area contributed by atoms with Gasteiger partial charge in [-0.2, -0.15) is 4.90 Å². The Hall–Kier alpha value is -1.56. The van der Waals surface area contributed by atoms with Gasteiger partial charge >= 0.3 is 0 Å². The first-order chi connectivity index (χ1) is 12.6. The molecule has 27 heavy (non-hydrogen) atoms. The standard InChI is InChI=1S/C21H24ClN2O2.BrH/c1-26-19-12-10-18(11-13-19)24-20-5-3-2-4-14-23(20)15-21(24,25)16-6-8-17(22)9-7-16;/h6-13,25H,2-5,14-15H2,1H3;1H/q+1;. The van der Waals surface area contributed by atoms with Gasteiger partial charge in [-0.25, -0.2) is 0 Å². The largest absolute Gasteiger partial charge is 0.497 e. The molecule has 4 nitrogen and oxygen atoms in total. The van der Waals surface area contributed by atoms with E-state index in [9.17, 15) is 5.11 Å². The van der Waals surface area contributed by atoms with E-state index >= 15 is 0 Å². The van der Waals surface area contributed by atoms with E-state index < -0.39 is 5.72 Å². The molecule has 2 aliphatic rings. The highest BCUT2D eigenvalue weighted by Crippen LogP contribution is 2.38. The molecule has 0 aliphatic carbocycles. The molecule has 2 heterocycles. The van der Waals surface area contributed by atoms with Crippen molar-refractivity contribution in [3.05, 3.63) is 59.1 Å². The number of ether oxygens (including phenoxy) is 1. The monoisotopic (exact) mass is 451 g/mol. The summed E-state index contributed by atoms with van der Waals surface area (Å²) in [6.07, 6.45) is 4.52. The zero-order valence-corrected chi connectivity index (χ0v) is 17.9. The van der Waals surface area contributed by atoms with Crippen molar-refractivity contribution in [2.24, 2.45) is 0 Å². The van der Waals surface area contributed by atoms with E-state index in [1.54, 1.807) is 7.11 Å². The average Bonchev–Trinajstić information content (AvgIpc) is 2.79. The normalized spacial score (nSPS) is 22.1. The van der Waals surface area contributed by atoms with Gasteiger partial charge in [0.2, 0.25) is 0 Å². The summed E-state index contributed by atoms with van der Waals surface area (Å²) in [5, 5.41) is 12.5. The molecular formula is C21H25BrClN2O2+. The second kappa shape index (κ2) is 8.21. The van der Waals surface area contributed by atoms with Gasteiger partial charge in [-0.15, -0.1) is 17.0 Å². The Morgan fingerprint density at radius 3 is 2.41 bits per heavy atom.